The smallest absolute Gasteiger partial charge is 0.236 e. The second-order valence-corrected chi connectivity index (χ2v) is 12.2. The third-order valence-electron chi connectivity index (χ3n) is 5.88. The number of anilines is 2. The molecule has 3 aromatic carbocycles. The fourth-order valence-electron chi connectivity index (χ4n) is 3.88. The molecular formula is C29H29N7OS3. The van der Waals surface area contributed by atoms with Crippen LogP contribution in [0, 0.1) is 6.92 Å². The number of aromatic nitrogens is 5. The summed E-state index contributed by atoms with van der Waals surface area (Å²) in [6, 6.07) is 28.6. The first kappa shape index (κ1) is 27.9. The molecule has 11 heteroatoms. The first-order valence-electron chi connectivity index (χ1n) is 12.9. The van der Waals surface area contributed by atoms with Crippen LogP contribution in [0.25, 0.3) is 5.69 Å². The maximum atomic E-state index is 12.7. The van der Waals surface area contributed by atoms with E-state index in [2.05, 4.69) is 74.4 Å². The van der Waals surface area contributed by atoms with Gasteiger partial charge in [-0.15, -0.1) is 20.4 Å². The van der Waals surface area contributed by atoms with E-state index in [1.165, 1.54) is 34.2 Å². The minimum Gasteiger partial charge on any atom is -0.378 e. The van der Waals surface area contributed by atoms with Crippen molar-refractivity contribution in [3.63, 3.8) is 0 Å². The largest absolute Gasteiger partial charge is 0.378 e. The topological polar surface area (TPSA) is 97.6 Å². The number of carbonyl (C=O) groups is 1. The average molecular weight is 588 g/mol. The molecule has 0 aliphatic heterocycles. The Morgan fingerprint density at radius 3 is 2.40 bits per heavy atom. The molecule has 0 saturated carbocycles. The number of rotatable bonds is 13. The van der Waals surface area contributed by atoms with E-state index in [0.29, 0.717) is 16.8 Å². The van der Waals surface area contributed by atoms with E-state index in [9.17, 15) is 4.79 Å². The number of hydrogen-bond donors (Lipinski definition) is 2. The van der Waals surface area contributed by atoms with E-state index < -0.39 is 0 Å². The molecule has 1 amide bonds. The zero-order valence-corrected chi connectivity index (χ0v) is 24.4. The Bertz CT molecular complexity index is 1510. The Labute approximate surface area is 246 Å². The summed E-state index contributed by atoms with van der Waals surface area (Å²) < 4.78 is 2.83. The minimum absolute atomic E-state index is 0.163. The van der Waals surface area contributed by atoms with Crippen LogP contribution >= 0.6 is 34.9 Å². The van der Waals surface area contributed by atoms with Gasteiger partial charge in [-0.3, -0.25) is 14.7 Å². The summed E-state index contributed by atoms with van der Waals surface area (Å²) >= 11 is 4.40. The second kappa shape index (κ2) is 14.1. The molecule has 40 heavy (non-hydrogen) atoms. The van der Waals surface area contributed by atoms with E-state index in [-0.39, 0.29) is 11.7 Å². The Balaban J connectivity index is 1.15. The fourth-order valence-corrected chi connectivity index (χ4v) is 6.43. The van der Waals surface area contributed by atoms with Gasteiger partial charge in [-0.25, -0.2) is 0 Å². The summed E-state index contributed by atoms with van der Waals surface area (Å²) in [5.41, 5.74) is 4.49. The van der Waals surface area contributed by atoms with Crippen LogP contribution in [-0.2, 0) is 17.8 Å². The van der Waals surface area contributed by atoms with Crippen molar-refractivity contribution in [3.05, 3.63) is 102 Å². The van der Waals surface area contributed by atoms with Gasteiger partial charge in [0.15, 0.2) is 15.3 Å². The lowest BCUT2D eigenvalue weighted by atomic mass is 10.1. The number of thioether (sulfide) groups is 2. The van der Waals surface area contributed by atoms with Gasteiger partial charge < -0.3 is 5.32 Å². The quantitative estimate of drug-likeness (QED) is 0.0916. The highest BCUT2D eigenvalue weighted by molar-refractivity contribution is 8.01. The van der Waals surface area contributed by atoms with Crippen LogP contribution in [0.15, 0.2) is 94.4 Å². The first-order valence-corrected chi connectivity index (χ1v) is 15.7. The molecule has 0 aliphatic carbocycles. The number of benzene rings is 3. The van der Waals surface area contributed by atoms with Gasteiger partial charge >= 0.3 is 0 Å². The predicted octanol–water partition coefficient (Wildman–Crippen LogP) is 6.50. The van der Waals surface area contributed by atoms with Crippen molar-refractivity contribution in [2.24, 2.45) is 0 Å². The van der Waals surface area contributed by atoms with Crippen molar-refractivity contribution in [2.75, 3.05) is 22.1 Å². The van der Waals surface area contributed by atoms with Crippen molar-refractivity contribution < 1.29 is 4.79 Å². The third kappa shape index (κ3) is 7.93. The maximum Gasteiger partial charge on any atom is 0.236 e. The molecule has 0 fully saturated rings. The van der Waals surface area contributed by atoms with E-state index in [0.717, 1.165) is 40.1 Å². The lowest BCUT2D eigenvalue weighted by Crippen LogP contribution is -2.14. The Morgan fingerprint density at radius 2 is 1.62 bits per heavy atom. The van der Waals surface area contributed by atoms with Crippen LogP contribution < -0.4 is 10.6 Å². The van der Waals surface area contributed by atoms with E-state index in [4.69, 9.17) is 0 Å². The Hall–Kier alpha value is -3.67. The zero-order chi connectivity index (χ0) is 27.6. The summed E-state index contributed by atoms with van der Waals surface area (Å²) in [6.07, 6.45) is 2.09. The summed E-state index contributed by atoms with van der Waals surface area (Å²) in [4.78, 5) is 12.7. The van der Waals surface area contributed by atoms with Crippen LogP contribution in [0.5, 0.6) is 0 Å². The Morgan fingerprint density at radius 1 is 0.875 bits per heavy atom. The Kier molecular flexibility index (Phi) is 9.83. The fraction of sp³-hybridized carbons (Fsp3) is 0.207. The van der Waals surface area contributed by atoms with Gasteiger partial charge in [0.05, 0.1) is 12.3 Å². The number of carbonyl (C=O) groups excluding carboxylic acids is 1. The van der Waals surface area contributed by atoms with Crippen molar-refractivity contribution in [2.45, 2.75) is 35.8 Å². The summed E-state index contributed by atoms with van der Waals surface area (Å²) in [5.74, 6) is 1.72. The number of nitrogens with one attached hydrogen (secondary N) is 2. The lowest BCUT2D eigenvalue weighted by molar-refractivity contribution is -0.113. The molecule has 2 N–H and O–H groups in total. The van der Waals surface area contributed by atoms with Gasteiger partial charge in [-0.1, -0.05) is 101 Å². The molecule has 0 radical (unpaired) electrons. The molecule has 0 unspecified atom stereocenters. The highest BCUT2D eigenvalue weighted by Gasteiger charge is 2.17. The number of aryl methyl sites for hydroxylation is 2. The van der Waals surface area contributed by atoms with Crippen molar-refractivity contribution in [3.8, 4) is 5.69 Å². The highest BCUT2D eigenvalue weighted by Crippen LogP contribution is 2.27. The molecule has 204 valence electrons. The molecule has 2 heterocycles. The molecule has 0 spiro atoms. The van der Waals surface area contributed by atoms with Gasteiger partial charge in [0.1, 0.15) is 0 Å². The van der Waals surface area contributed by atoms with Gasteiger partial charge in [-0.05, 0) is 49.6 Å². The highest BCUT2D eigenvalue weighted by atomic mass is 32.2. The molecule has 0 aliphatic rings. The maximum absolute atomic E-state index is 12.7. The molecule has 5 rings (SSSR count). The minimum atomic E-state index is -0.163. The van der Waals surface area contributed by atoms with E-state index >= 15 is 0 Å². The van der Waals surface area contributed by atoms with Crippen LogP contribution in [-0.4, -0.2) is 42.4 Å². The van der Waals surface area contributed by atoms with Crippen molar-refractivity contribution in [1.29, 1.82) is 0 Å². The van der Waals surface area contributed by atoms with E-state index in [1.807, 2.05) is 53.1 Å². The predicted molar refractivity (Wildman–Crippen MR) is 165 cm³/mol. The number of nitrogens with zero attached hydrogens (tertiary/aromatic N) is 5. The van der Waals surface area contributed by atoms with Crippen LogP contribution in [0.4, 0.5) is 10.8 Å². The SMILES string of the molecule is Cc1ccc(NCc2nnc(SCC(=O)Nc3nnc(SCCCc4ccccc4)s3)n2-c2ccccc2)cc1. The number of hydrogen-bond acceptors (Lipinski definition) is 9. The zero-order valence-electron chi connectivity index (χ0n) is 22.0. The van der Waals surface area contributed by atoms with E-state index in [1.54, 1.807) is 11.8 Å². The van der Waals surface area contributed by atoms with Crippen molar-refractivity contribution in [1.82, 2.24) is 25.0 Å². The summed E-state index contributed by atoms with van der Waals surface area (Å²) in [6.45, 7) is 2.56. The van der Waals surface area contributed by atoms with Gasteiger partial charge in [-0.2, -0.15) is 0 Å². The van der Waals surface area contributed by atoms with Crippen LogP contribution in [0.1, 0.15) is 23.4 Å². The molecule has 0 atom stereocenters. The van der Waals surface area contributed by atoms with Crippen LogP contribution in [0.3, 0.4) is 0 Å². The summed E-state index contributed by atoms with van der Waals surface area (Å²) in [7, 11) is 0. The monoisotopic (exact) mass is 587 g/mol. The molecule has 5 aromatic rings. The molecular weight excluding hydrogens is 559 g/mol. The molecule has 0 bridgehead atoms. The molecule has 2 aromatic heterocycles. The number of amides is 1. The van der Waals surface area contributed by atoms with Gasteiger partial charge in [0, 0.05) is 17.1 Å². The normalized spacial score (nSPS) is 10.9. The molecule has 8 nitrogen and oxygen atoms in total. The number of para-hydroxylation sites is 1. The lowest BCUT2D eigenvalue weighted by Gasteiger charge is -2.11. The summed E-state index contributed by atoms with van der Waals surface area (Å²) in [5, 5.41) is 24.6. The average Bonchev–Trinajstić information content (AvgIpc) is 3.61. The van der Waals surface area contributed by atoms with Crippen molar-refractivity contribution >= 4 is 51.6 Å². The molecule has 0 saturated heterocycles. The standard InChI is InChI=1S/C29H29N7OS3/c1-21-14-16-23(17-15-21)30-19-25-32-34-28(36(25)24-12-6-3-7-13-24)39-20-26(37)31-27-33-35-29(40-27)38-18-8-11-22-9-4-2-5-10-22/h2-7,9-10,12-17,30H,8,11,18-20H2,1H3,(H,31,33,37). The van der Waals surface area contributed by atoms with Gasteiger partial charge in [0.25, 0.3) is 0 Å². The second-order valence-electron chi connectivity index (χ2n) is 8.94. The van der Waals surface area contributed by atoms with Crippen LogP contribution in [0.2, 0.25) is 0 Å². The first-order chi connectivity index (χ1) is 19.6. The third-order valence-corrected chi connectivity index (χ3v) is 8.87. The van der Waals surface area contributed by atoms with Gasteiger partial charge in [0.2, 0.25) is 11.0 Å².